The first-order chi connectivity index (χ1) is 11.8. The van der Waals surface area contributed by atoms with Gasteiger partial charge in [0.2, 0.25) is 5.91 Å². The molecule has 7 heteroatoms. The van der Waals surface area contributed by atoms with Crippen LogP contribution in [-0.2, 0) is 4.79 Å². The van der Waals surface area contributed by atoms with Gasteiger partial charge in [-0.1, -0.05) is 12.1 Å². The number of amides is 2. The molecule has 129 valence electrons. The average molecular weight is 358 g/mol. The molecule has 5 nitrogen and oxygen atoms in total. The molecular formula is C18H17FN3O2S. The first kappa shape index (κ1) is 16.2. The number of fused-ring (bicyclic) bond motifs is 1. The van der Waals surface area contributed by atoms with Crippen molar-refractivity contribution in [3.8, 4) is 10.4 Å². The summed E-state index contributed by atoms with van der Waals surface area (Å²) < 4.78 is 13.6. The van der Waals surface area contributed by atoms with Gasteiger partial charge in [-0.3, -0.25) is 9.59 Å². The first-order valence-corrected chi connectivity index (χ1v) is 8.84. The van der Waals surface area contributed by atoms with Crippen molar-refractivity contribution in [3.05, 3.63) is 47.7 Å². The number of nitrogens with zero attached hydrogens (tertiary/aromatic N) is 2. The monoisotopic (exact) mass is 358 g/mol. The number of carbonyl (C=O) groups excluding carboxylic acids is 2. The molecule has 2 heterocycles. The third kappa shape index (κ3) is 2.37. The second-order valence-electron chi connectivity index (χ2n) is 6.73. The molecule has 1 aromatic carbocycles. The Morgan fingerprint density at radius 3 is 2.84 bits per heavy atom. The zero-order chi connectivity index (χ0) is 17.9. The molecule has 1 aromatic heterocycles. The van der Waals surface area contributed by atoms with Crippen LogP contribution in [0.5, 0.6) is 0 Å². The summed E-state index contributed by atoms with van der Waals surface area (Å²) in [7, 11) is 0. The number of likely N-dealkylation sites (tertiary alicyclic amines) is 1. The summed E-state index contributed by atoms with van der Waals surface area (Å²) >= 11 is 1.35. The minimum atomic E-state index is -0.633. The minimum absolute atomic E-state index is 0.206. The highest BCUT2D eigenvalue weighted by molar-refractivity contribution is 7.15. The quantitative estimate of drug-likeness (QED) is 0.916. The van der Waals surface area contributed by atoms with Crippen molar-refractivity contribution in [2.45, 2.75) is 31.8 Å². The Hall–Kier alpha value is -2.28. The van der Waals surface area contributed by atoms with Gasteiger partial charge in [-0.15, -0.1) is 11.3 Å². The van der Waals surface area contributed by atoms with Crippen LogP contribution in [0.3, 0.4) is 0 Å². The third-order valence-electron chi connectivity index (χ3n) is 5.11. The molecule has 2 N–H and O–H groups in total. The number of halogens is 1. The van der Waals surface area contributed by atoms with Gasteiger partial charge in [0.15, 0.2) is 0 Å². The van der Waals surface area contributed by atoms with Gasteiger partial charge in [0, 0.05) is 12.1 Å². The van der Waals surface area contributed by atoms with Crippen molar-refractivity contribution in [1.29, 1.82) is 0 Å². The predicted octanol–water partition coefficient (Wildman–Crippen LogP) is 2.55. The van der Waals surface area contributed by atoms with Gasteiger partial charge in [-0.25, -0.2) is 9.37 Å². The lowest BCUT2D eigenvalue weighted by molar-refractivity contribution is -0.123. The van der Waals surface area contributed by atoms with E-state index in [1.807, 2.05) is 0 Å². The minimum Gasteiger partial charge on any atom is -0.369 e. The van der Waals surface area contributed by atoms with Crippen LogP contribution in [0, 0.1) is 25.1 Å². The van der Waals surface area contributed by atoms with E-state index in [-0.39, 0.29) is 35.4 Å². The molecular weight excluding hydrogens is 341 g/mol. The van der Waals surface area contributed by atoms with Crippen LogP contribution in [0.4, 0.5) is 4.39 Å². The van der Waals surface area contributed by atoms with Crippen LogP contribution in [0.25, 0.3) is 10.4 Å². The second kappa shape index (κ2) is 5.36. The van der Waals surface area contributed by atoms with E-state index in [1.165, 1.54) is 23.5 Å². The molecule has 2 fully saturated rings. The fraction of sp³-hybridized carbons (Fsp3) is 0.333. The SMILES string of the molecule is [CH2][C@H]1C[C@@]2(C(N)=O)C[C@@H]2N1C(=O)c1nc(C)sc1-c1cccc(F)c1. The number of rotatable bonds is 3. The Kier molecular flexibility index (Phi) is 3.47. The maximum absolute atomic E-state index is 13.6. The number of hydrogen-bond acceptors (Lipinski definition) is 4. The molecule has 3 atom stereocenters. The Morgan fingerprint density at radius 1 is 1.44 bits per heavy atom. The summed E-state index contributed by atoms with van der Waals surface area (Å²) in [6, 6.07) is 5.58. The number of aryl methyl sites for hydroxylation is 1. The molecule has 2 aliphatic rings. The Bertz CT molecular complexity index is 896. The van der Waals surface area contributed by atoms with E-state index >= 15 is 0 Å². The van der Waals surface area contributed by atoms with Crippen LogP contribution in [0.2, 0.25) is 0 Å². The van der Waals surface area contributed by atoms with Crippen molar-refractivity contribution in [2.24, 2.45) is 11.1 Å². The standard InChI is InChI=1S/C18H17FN3O2S/c1-9-7-18(17(20)24)8-13(18)22(9)16(23)14-15(25-10(2)21-14)11-4-3-5-12(19)6-11/h3-6,9,13H,1,7-8H2,2H3,(H2,20,24)/t9-,13-,18+/m0/s1. The zero-order valence-corrected chi connectivity index (χ0v) is 14.5. The van der Waals surface area contributed by atoms with Gasteiger partial charge >= 0.3 is 0 Å². The second-order valence-corrected chi connectivity index (χ2v) is 7.93. The number of aromatic nitrogens is 1. The molecule has 1 radical (unpaired) electrons. The summed E-state index contributed by atoms with van der Waals surface area (Å²) in [5, 5.41) is 0.722. The summed E-state index contributed by atoms with van der Waals surface area (Å²) in [5.74, 6) is -1.01. The highest BCUT2D eigenvalue weighted by atomic mass is 32.1. The van der Waals surface area contributed by atoms with Gasteiger partial charge in [-0.2, -0.15) is 0 Å². The van der Waals surface area contributed by atoms with Gasteiger partial charge in [0.25, 0.3) is 5.91 Å². The van der Waals surface area contributed by atoms with Crippen molar-refractivity contribution in [3.63, 3.8) is 0 Å². The maximum atomic E-state index is 13.6. The van der Waals surface area contributed by atoms with Gasteiger partial charge in [0.05, 0.1) is 15.3 Å². The van der Waals surface area contributed by atoms with E-state index in [1.54, 1.807) is 24.0 Å². The van der Waals surface area contributed by atoms with Crippen molar-refractivity contribution < 1.29 is 14.0 Å². The molecule has 4 rings (SSSR count). The highest BCUT2D eigenvalue weighted by Gasteiger charge is 2.68. The number of benzene rings is 1. The number of primary amides is 1. The van der Waals surface area contributed by atoms with Gasteiger partial charge < -0.3 is 10.6 Å². The molecule has 0 unspecified atom stereocenters. The Labute approximate surface area is 148 Å². The maximum Gasteiger partial charge on any atom is 0.274 e. The summed E-state index contributed by atoms with van der Waals surface area (Å²) in [6.07, 6.45) is 1.07. The Balaban J connectivity index is 1.72. The number of nitrogens with two attached hydrogens (primary N) is 1. The molecule has 1 aliphatic carbocycles. The molecule has 1 aliphatic heterocycles. The van der Waals surface area contributed by atoms with Gasteiger partial charge in [0.1, 0.15) is 11.5 Å². The van der Waals surface area contributed by atoms with Crippen LogP contribution >= 0.6 is 11.3 Å². The van der Waals surface area contributed by atoms with Crippen molar-refractivity contribution >= 4 is 23.2 Å². The summed E-state index contributed by atoms with van der Waals surface area (Å²) in [4.78, 5) is 31.5. The van der Waals surface area contributed by atoms with E-state index in [0.717, 1.165) is 5.01 Å². The molecule has 1 saturated heterocycles. The first-order valence-electron chi connectivity index (χ1n) is 8.02. The molecule has 2 aromatic rings. The van der Waals surface area contributed by atoms with E-state index in [9.17, 15) is 14.0 Å². The van der Waals surface area contributed by atoms with E-state index in [2.05, 4.69) is 11.9 Å². The number of hydrogen-bond donors (Lipinski definition) is 1. The smallest absolute Gasteiger partial charge is 0.274 e. The average Bonchev–Trinajstić information content (AvgIpc) is 2.98. The van der Waals surface area contributed by atoms with E-state index in [0.29, 0.717) is 23.3 Å². The lowest BCUT2D eigenvalue weighted by Crippen LogP contribution is -2.37. The molecule has 0 bridgehead atoms. The third-order valence-corrected chi connectivity index (χ3v) is 6.13. The summed E-state index contributed by atoms with van der Waals surface area (Å²) in [6.45, 7) is 5.82. The largest absolute Gasteiger partial charge is 0.369 e. The molecule has 1 saturated carbocycles. The van der Waals surface area contributed by atoms with Crippen molar-refractivity contribution in [2.75, 3.05) is 0 Å². The lowest BCUT2D eigenvalue weighted by Gasteiger charge is -2.23. The molecule has 0 spiro atoms. The fourth-order valence-corrected chi connectivity index (χ4v) is 4.74. The topological polar surface area (TPSA) is 76.3 Å². The van der Waals surface area contributed by atoms with Gasteiger partial charge in [-0.05, 0) is 44.4 Å². The van der Waals surface area contributed by atoms with E-state index < -0.39 is 5.41 Å². The Morgan fingerprint density at radius 2 is 2.20 bits per heavy atom. The van der Waals surface area contributed by atoms with E-state index in [4.69, 9.17) is 5.73 Å². The zero-order valence-electron chi connectivity index (χ0n) is 13.7. The van der Waals surface area contributed by atoms with Crippen LogP contribution in [0.1, 0.15) is 28.3 Å². The number of thiazole rings is 1. The predicted molar refractivity (Wildman–Crippen MR) is 92.2 cm³/mol. The van der Waals surface area contributed by atoms with Crippen LogP contribution in [0.15, 0.2) is 24.3 Å². The molecule has 2 amide bonds. The molecule has 25 heavy (non-hydrogen) atoms. The number of carbonyl (C=O) groups is 2. The van der Waals surface area contributed by atoms with Crippen LogP contribution in [-0.4, -0.2) is 33.8 Å². The van der Waals surface area contributed by atoms with Crippen LogP contribution < -0.4 is 5.73 Å². The highest BCUT2D eigenvalue weighted by Crippen LogP contribution is 2.59. The number of piperidine rings is 1. The van der Waals surface area contributed by atoms with Crippen molar-refractivity contribution in [1.82, 2.24) is 9.88 Å². The lowest BCUT2D eigenvalue weighted by atomic mass is 10.00. The fourth-order valence-electron chi connectivity index (χ4n) is 3.84. The summed E-state index contributed by atoms with van der Waals surface area (Å²) in [5.41, 5.74) is 5.79. The normalized spacial score (nSPS) is 27.2.